The Bertz CT molecular complexity index is 495. The SMILES string of the molecule is NN=Cc1ccc2ncnc(Cl)c2c1. The second kappa shape index (κ2) is 3.59. The van der Waals surface area contributed by atoms with Crippen molar-refractivity contribution in [3.05, 3.63) is 35.2 Å². The number of hydrazone groups is 1. The maximum Gasteiger partial charge on any atom is 0.140 e. The number of hydrogen-bond acceptors (Lipinski definition) is 4. The Morgan fingerprint density at radius 1 is 1.36 bits per heavy atom. The normalized spacial score (nSPS) is 11.2. The summed E-state index contributed by atoms with van der Waals surface area (Å²) < 4.78 is 0. The monoisotopic (exact) mass is 206 g/mol. The number of benzene rings is 1. The van der Waals surface area contributed by atoms with Gasteiger partial charge < -0.3 is 5.84 Å². The van der Waals surface area contributed by atoms with Gasteiger partial charge in [0.2, 0.25) is 0 Å². The number of aromatic nitrogens is 2. The van der Waals surface area contributed by atoms with Gasteiger partial charge in [-0.3, -0.25) is 0 Å². The first-order valence-corrected chi connectivity index (χ1v) is 4.32. The zero-order valence-corrected chi connectivity index (χ0v) is 7.94. The third-order valence-electron chi connectivity index (χ3n) is 1.83. The fourth-order valence-corrected chi connectivity index (χ4v) is 1.40. The molecule has 2 N–H and O–H groups in total. The highest BCUT2D eigenvalue weighted by molar-refractivity contribution is 6.34. The lowest BCUT2D eigenvalue weighted by Gasteiger charge is -1.99. The van der Waals surface area contributed by atoms with Gasteiger partial charge in [0.15, 0.2) is 0 Å². The highest BCUT2D eigenvalue weighted by Crippen LogP contribution is 2.19. The molecule has 4 nitrogen and oxygen atoms in total. The van der Waals surface area contributed by atoms with Gasteiger partial charge in [0.25, 0.3) is 0 Å². The molecule has 0 spiro atoms. The van der Waals surface area contributed by atoms with Crippen LogP contribution < -0.4 is 5.84 Å². The molecular formula is C9H7ClN4. The summed E-state index contributed by atoms with van der Waals surface area (Å²) in [4.78, 5) is 7.96. The Hall–Kier alpha value is -1.68. The molecule has 1 aromatic carbocycles. The lowest BCUT2D eigenvalue weighted by Crippen LogP contribution is -1.89. The van der Waals surface area contributed by atoms with E-state index in [0.29, 0.717) is 5.15 Å². The van der Waals surface area contributed by atoms with Crippen molar-refractivity contribution in [1.29, 1.82) is 0 Å². The highest BCUT2D eigenvalue weighted by atomic mass is 35.5. The summed E-state index contributed by atoms with van der Waals surface area (Å²) in [6, 6.07) is 5.55. The van der Waals surface area contributed by atoms with Crippen molar-refractivity contribution in [2.75, 3.05) is 0 Å². The van der Waals surface area contributed by atoms with Gasteiger partial charge in [-0.05, 0) is 17.7 Å². The van der Waals surface area contributed by atoms with Crippen LogP contribution in [-0.4, -0.2) is 16.2 Å². The van der Waals surface area contributed by atoms with Crippen molar-refractivity contribution in [2.45, 2.75) is 0 Å². The molecule has 0 unspecified atom stereocenters. The van der Waals surface area contributed by atoms with Crippen LogP contribution in [0.2, 0.25) is 5.15 Å². The summed E-state index contributed by atoms with van der Waals surface area (Å²) in [5, 5.41) is 4.66. The van der Waals surface area contributed by atoms with E-state index in [-0.39, 0.29) is 0 Å². The standard InChI is InChI=1S/C9H7ClN4/c10-9-7-3-6(4-14-11)1-2-8(7)12-5-13-9/h1-5H,11H2. The highest BCUT2D eigenvalue weighted by Gasteiger charge is 2.00. The molecule has 0 atom stereocenters. The van der Waals surface area contributed by atoms with E-state index in [1.165, 1.54) is 6.33 Å². The average Bonchev–Trinajstić information content (AvgIpc) is 2.20. The van der Waals surface area contributed by atoms with Gasteiger partial charge in [-0.1, -0.05) is 17.7 Å². The quantitative estimate of drug-likeness (QED) is 0.334. The van der Waals surface area contributed by atoms with E-state index in [0.717, 1.165) is 16.5 Å². The summed E-state index contributed by atoms with van der Waals surface area (Å²) in [5.74, 6) is 5.05. The Morgan fingerprint density at radius 2 is 2.21 bits per heavy atom. The first-order chi connectivity index (χ1) is 6.81. The van der Waals surface area contributed by atoms with Crippen molar-refractivity contribution in [3.63, 3.8) is 0 Å². The minimum Gasteiger partial charge on any atom is -0.323 e. The van der Waals surface area contributed by atoms with Crippen LogP contribution >= 0.6 is 11.6 Å². The van der Waals surface area contributed by atoms with Gasteiger partial charge in [-0.2, -0.15) is 5.10 Å². The summed E-state index contributed by atoms with van der Waals surface area (Å²) in [6.45, 7) is 0. The van der Waals surface area contributed by atoms with Crippen molar-refractivity contribution >= 4 is 28.7 Å². The zero-order chi connectivity index (χ0) is 9.97. The maximum absolute atomic E-state index is 5.90. The minimum absolute atomic E-state index is 0.433. The maximum atomic E-state index is 5.90. The smallest absolute Gasteiger partial charge is 0.140 e. The van der Waals surface area contributed by atoms with Gasteiger partial charge in [0.05, 0.1) is 11.7 Å². The number of nitrogens with two attached hydrogens (primary N) is 1. The van der Waals surface area contributed by atoms with Crippen molar-refractivity contribution in [2.24, 2.45) is 10.9 Å². The van der Waals surface area contributed by atoms with E-state index >= 15 is 0 Å². The number of hydrogen-bond donors (Lipinski definition) is 1. The van der Waals surface area contributed by atoms with Crippen molar-refractivity contribution < 1.29 is 0 Å². The first-order valence-electron chi connectivity index (χ1n) is 3.95. The summed E-state index contributed by atoms with van der Waals surface area (Å²) in [6.07, 6.45) is 2.98. The third kappa shape index (κ3) is 1.52. The van der Waals surface area contributed by atoms with E-state index in [1.54, 1.807) is 6.21 Å². The van der Waals surface area contributed by atoms with Gasteiger partial charge in [0.1, 0.15) is 11.5 Å². The predicted octanol–water partition coefficient (Wildman–Crippen LogP) is 1.58. The molecule has 0 aliphatic carbocycles. The Balaban J connectivity index is 2.69. The van der Waals surface area contributed by atoms with E-state index < -0.39 is 0 Å². The zero-order valence-electron chi connectivity index (χ0n) is 7.18. The van der Waals surface area contributed by atoms with Crippen LogP contribution in [0.4, 0.5) is 0 Å². The van der Waals surface area contributed by atoms with Crippen LogP contribution in [0.15, 0.2) is 29.6 Å². The van der Waals surface area contributed by atoms with Crippen LogP contribution in [0, 0.1) is 0 Å². The molecule has 0 aliphatic rings. The van der Waals surface area contributed by atoms with E-state index in [4.69, 9.17) is 17.4 Å². The predicted molar refractivity (Wildman–Crippen MR) is 56.3 cm³/mol. The molecule has 0 bridgehead atoms. The molecule has 2 rings (SSSR count). The Labute approximate surface area is 85.4 Å². The number of halogens is 1. The first kappa shape index (κ1) is 8.90. The molecular weight excluding hydrogens is 200 g/mol. The van der Waals surface area contributed by atoms with Crippen LogP contribution in [-0.2, 0) is 0 Å². The van der Waals surface area contributed by atoms with Crippen LogP contribution in [0.25, 0.3) is 10.9 Å². The van der Waals surface area contributed by atoms with E-state index in [9.17, 15) is 0 Å². The molecule has 70 valence electrons. The summed E-state index contributed by atoms with van der Waals surface area (Å²) in [7, 11) is 0. The lowest BCUT2D eigenvalue weighted by atomic mass is 10.2. The summed E-state index contributed by atoms with van der Waals surface area (Å²) >= 11 is 5.90. The van der Waals surface area contributed by atoms with Gasteiger partial charge in [-0.25, -0.2) is 9.97 Å². The summed E-state index contributed by atoms with van der Waals surface area (Å²) in [5.41, 5.74) is 1.68. The minimum atomic E-state index is 0.433. The van der Waals surface area contributed by atoms with E-state index in [2.05, 4.69) is 15.1 Å². The van der Waals surface area contributed by atoms with Crippen LogP contribution in [0.3, 0.4) is 0 Å². The van der Waals surface area contributed by atoms with Crippen LogP contribution in [0.5, 0.6) is 0 Å². The third-order valence-corrected chi connectivity index (χ3v) is 2.14. The molecule has 1 heterocycles. The molecule has 0 radical (unpaired) electrons. The fraction of sp³-hybridized carbons (Fsp3) is 0. The molecule has 2 aromatic rings. The number of nitrogens with zero attached hydrogens (tertiary/aromatic N) is 3. The molecule has 1 aromatic heterocycles. The average molecular weight is 207 g/mol. The molecule has 0 aliphatic heterocycles. The molecule has 0 saturated carbocycles. The number of fused-ring (bicyclic) bond motifs is 1. The van der Waals surface area contributed by atoms with Crippen molar-refractivity contribution in [1.82, 2.24) is 9.97 Å². The Morgan fingerprint density at radius 3 is 3.00 bits per heavy atom. The topological polar surface area (TPSA) is 64.2 Å². The molecule has 14 heavy (non-hydrogen) atoms. The molecule has 0 saturated heterocycles. The second-order valence-corrected chi connectivity index (χ2v) is 3.08. The lowest BCUT2D eigenvalue weighted by molar-refractivity contribution is 1.22. The van der Waals surface area contributed by atoms with Crippen LogP contribution in [0.1, 0.15) is 5.56 Å². The van der Waals surface area contributed by atoms with E-state index in [1.807, 2.05) is 18.2 Å². The van der Waals surface area contributed by atoms with Gasteiger partial charge >= 0.3 is 0 Å². The molecule has 0 fully saturated rings. The van der Waals surface area contributed by atoms with Gasteiger partial charge in [-0.15, -0.1) is 0 Å². The van der Waals surface area contributed by atoms with Gasteiger partial charge in [0, 0.05) is 5.39 Å². The Kier molecular flexibility index (Phi) is 2.28. The second-order valence-electron chi connectivity index (χ2n) is 2.72. The van der Waals surface area contributed by atoms with Crippen molar-refractivity contribution in [3.8, 4) is 0 Å². The fourth-order valence-electron chi connectivity index (χ4n) is 1.21. The molecule has 5 heteroatoms. The number of rotatable bonds is 1. The largest absolute Gasteiger partial charge is 0.323 e. The molecule has 0 amide bonds.